The normalized spacial score (nSPS) is 10.7. The number of aryl methyl sites for hydroxylation is 1. The van der Waals surface area contributed by atoms with Gasteiger partial charge in [0.05, 0.1) is 18.0 Å². The first-order valence-corrected chi connectivity index (χ1v) is 8.02. The van der Waals surface area contributed by atoms with Crippen LogP contribution in [0.4, 0.5) is 0 Å². The predicted octanol–water partition coefficient (Wildman–Crippen LogP) is 5.21. The maximum absolute atomic E-state index is 5.67. The molecular formula is C18H17BrN2O. The van der Waals surface area contributed by atoms with E-state index in [1.165, 1.54) is 0 Å². The van der Waals surface area contributed by atoms with Gasteiger partial charge >= 0.3 is 0 Å². The number of H-pyrrole nitrogens is 1. The molecule has 3 aromatic rings. The predicted molar refractivity (Wildman–Crippen MR) is 93.1 cm³/mol. The van der Waals surface area contributed by atoms with Crippen LogP contribution >= 0.6 is 15.9 Å². The minimum absolute atomic E-state index is 0.663. The van der Waals surface area contributed by atoms with E-state index in [0.717, 1.165) is 38.3 Å². The summed E-state index contributed by atoms with van der Waals surface area (Å²) in [7, 11) is 0. The summed E-state index contributed by atoms with van der Waals surface area (Å²) in [5.74, 6) is 0.915. The van der Waals surface area contributed by atoms with Crippen LogP contribution in [0.3, 0.4) is 0 Å². The molecule has 0 aliphatic carbocycles. The number of hydrogen-bond donors (Lipinski definition) is 1. The third-order valence-electron chi connectivity index (χ3n) is 3.50. The molecule has 1 heterocycles. The van der Waals surface area contributed by atoms with Crippen LogP contribution in [0.5, 0.6) is 5.75 Å². The summed E-state index contributed by atoms with van der Waals surface area (Å²) in [6, 6.07) is 16.4. The van der Waals surface area contributed by atoms with Crippen molar-refractivity contribution in [1.82, 2.24) is 10.2 Å². The SMILES string of the molecule is CCOc1cc(-c2cc(-c3cccc(Br)c3)n[nH]2)ccc1C. The quantitative estimate of drug-likeness (QED) is 0.696. The van der Waals surface area contributed by atoms with E-state index in [9.17, 15) is 0 Å². The Hall–Kier alpha value is -2.07. The van der Waals surface area contributed by atoms with Crippen LogP contribution in [0.1, 0.15) is 12.5 Å². The van der Waals surface area contributed by atoms with Crippen LogP contribution in [-0.2, 0) is 0 Å². The Balaban J connectivity index is 1.95. The monoisotopic (exact) mass is 356 g/mol. The summed E-state index contributed by atoms with van der Waals surface area (Å²) in [5.41, 5.74) is 5.19. The van der Waals surface area contributed by atoms with Gasteiger partial charge in [0.25, 0.3) is 0 Å². The Labute approximate surface area is 138 Å². The lowest BCUT2D eigenvalue weighted by Gasteiger charge is -2.08. The zero-order valence-electron chi connectivity index (χ0n) is 12.6. The Morgan fingerprint density at radius 3 is 2.73 bits per heavy atom. The minimum atomic E-state index is 0.663. The molecule has 0 radical (unpaired) electrons. The number of ether oxygens (including phenoxy) is 1. The van der Waals surface area contributed by atoms with Crippen molar-refractivity contribution in [3.8, 4) is 28.3 Å². The van der Waals surface area contributed by atoms with E-state index in [1.807, 2.05) is 25.1 Å². The smallest absolute Gasteiger partial charge is 0.122 e. The average Bonchev–Trinajstić information content (AvgIpc) is 3.00. The van der Waals surface area contributed by atoms with Gasteiger partial charge in [0, 0.05) is 15.6 Å². The van der Waals surface area contributed by atoms with Gasteiger partial charge in [-0.2, -0.15) is 5.10 Å². The van der Waals surface area contributed by atoms with Gasteiger partial charge in [-0.05, 0) is 43.7 Å². The van der Waals surface area contributed by atoms with Gasteiger partial charge in [-0.15, -0.1) is 0 Å². The van der Waals surface area contributed by atoms with Crippen molar-refractivity contribution in [3.63, 3.8) is 0 Å². The molecule has 0 amide bonds. The van der Waals surface area contributed by atoms with Crippen LogP contribution in [0.15, 0.2) is 53.0 Å². The fourth-order valence-corrected chi connectivity index (χ4v) is 2.74. The van der Waals surface area contributed by atoms with Crippen molar-refractivity contribution in [2.24, 2.45) is 0 Å². The zero-order chi connectivity index (χ0) is 15.5. The second-order valence-electron chi connectivity index (χ2n) is 5.09. The average molecular weight is 357 g/mol. The van der Waals surface area contributed by atoms with Gasteiger partial charge in [0.15, 0.2) is 0 Å². The molecule has 0 fully saturated rings. The maximum atomic E-state index is 5.67. The number of aromatic amines is 1. The van der Waals surface area contributed by atoms with Crippen LogP contribution < -0.4 is 4.74 Å². The van der Waals surface area contributed by atoms with Crippen molar-refractivity contribution >= 4 is 15.9 Å². The number of rotatable bonds is 4. The number of nitrogens with zero attached hydrogens (tertiary/aromatic N) is 1. The highest BCUT2D eigenvalue weighted by Crippen LogP contribution is 2.29. The number of halogens is 1. The highest BCUT2D eigenvalue weighted by molar-refractivity contribution is 9.10. The van der Waals surface area contributed by atoms with E-state index < -0.39 is 0 Å². The first-order valence-electron chi connectivity index (χ1n) is 7.22. The molecule has 1 aromatic heterocycles. The van der Waals surface area contributed by atoms with E-state index in [4.69, 9.17) is 4.74 Å². The molecule has 0 spiro atoms. The Kier molecular flexibility index (Phi) is 4.29. The summed E-state index contributed by atoms with van der Waals surface area (Å²) in [5, 5.41) is 7.52. The summed E-state index contributed by atoms with van der Waals surface area (Å²) in [4.78, 5) is 0. The molecule has 2 aromatic carbocycles. The highest BCUT2D eigenvalue weighted by Gasteiger charge is 2.08. The van der Waals surface area contributed by atoms with E-state index >= 15 is 0 Å². The van der Waals surface area contributed by atoms with Crippen LogP contribution in [-0.4, -0.2) is 16.8 Å². The molecule has 0 saturated heterocycles. The lowest BCUT2D eigenvalue weighted by molar-refractivity contribution is 0.338. The molecule has 0 aliphatic rings. The topological polar surface area (TPSA) is 37.9 Å². The number of benzene rings is 2. The van der Waals surface area contributed by atoms with E-state index in [-0.39, 0.29) is 0 Å². The van der Waals surface area contributed by atoms with Gasteiger partial charge in [0.2, 0.25) is 0 Å². The van der Waals surface area contributed by atoms with Crippen molar-refractivity contribution < 1.29 is 4.74 Å². The van der Waals surface area contributed by atoms with Crippen molar-refractivity contribution in [2.75, 3.05) is 6.61 Å². The molecule has 0 atom stereocenters. The first kappa shape index (κ1) is 14.9. The molecule has 3 rings (SSSR count). The lowest BCUT2D eigenvalue weighted by Crippen LogP contribution is -1.94. The molecule has 22 heavy (non-hydrogen) atoms. The molecule has 0 aliphatic heterocycles. The molecule has 0 unspecified atom stereocenters. The molecule has 112 valence electrons. The van der Waals surface area contributed by atoms with Crippen LogP contribution in [0, 0.1) is 6.92 Å². The standard InChI is InChI=1S/C18H17BrN2O/c1-3-22-18-10-14(8-7-12(18)2)17-11-16(20-21-17)13-5-4-6-15(19)9-13/h4-11H,3H2,1-2H3,(H,20,21). The maximum Gasteiger partial charge on any atom is 0.122 e. The van der Waals surface area contributed by atoms with Crippen LogP contribution in [0.2, 0.25) is 0 Å². The Morgan fingerprint density at radius 2 is 1.95 bits per heavy atom. The van der Waals surface area contributed by atoms with E-state index in [2.05, 4.69) is 63.4 Å². The van der Waals surface area contributed by atoms with Crippen molar-refractivity contribution in [2.45, 2.75) is 13.8 Å². The third kappa shape index (κ3) is 3.07. The van der Waals surface area contributed by atoms with Gasteiger partial charge in [0.1, 0.15) is 5.75 Å². The van der Waals surface area contributed by atoms with E-state index in [1.54, 1.807) is 0 Å². The molecule has 4 heteroatoms. The van der Waals surface area contributed by atoms with Crippen molar-refractivity contribution in [1.29, 1.82) is 0 Å². The van der Waals surface area contributed by atoms with Gasteiger partial charge in [-0.1, -0.05) is 40.2 Å². The van der Waals surface area contributed by atoms with E-state index in [0.29, 0.717) is 6.61 Å². The summed E-state index contributed by atoms with van der Waals surface area (Å²) < 4.78 is 6.71. The summed E-state index contributed by atoms with van der Waals surface area (Å²) >= 11 is 3.49. The summed E-state index contributed by atoms with van der Waals surface area (Å²) in [6.07, 6.45) is 0. The molecule has 0 bridgehead atoms. The fourth-order valence-electron chi connectivity index (χ4n) is 2.34. The highest BCUT2D eigenvalue weighted by atomic mass is 79.9. The molecular weight excluding hydrogens is 340 g/mol. The summed E-state index contributed by atoms with van der Waals surface area (Å²) in [6.45, 7) is 4.71. The number of hydrogen-bond acceptors (Lipinski definition) is 2. The lowest BCUT2D eigenvalue weighted by atomic mass is 10.1. The minimum Gasteiger partial charge on any atom is -0.494 e. The third-order valence-corrected chi connectivity index (χ3v) is 3.99. The number of aromatic nitrogens is 2. The van der Waals surface area contributed by atoms with Crippen molar-refractivity contribution in [3.05, 3.63) is 58.6 Å². The Bertz CT molecular complexity index is 795. The van der Waals surface area contributed by atoms with Gasteiger partial charge < -0.3 is 4.74 Å². The Morgan fingerprint density at radius 1 is 1.09 bits per heavy atom. The fraction of sp³-hybridized carbons (Fsp3) is 0.167. The number of nitrogens with one attached hydrogen (secondary N) is 1. The molecule has 3 nitrogen and oxygen atoms in total. The molecule has 1 N–H and O–H groups in total. The second-order valence-corrected chi connectivity index (χ2v) is 6.01. The molecule has 0 saturated carbocycles. The second kappa shape index (κ2) is 6.36. The first-order chi connectivity index (χ1) is 10.7. The van der Waals surface area contributed by atoms with Crippen LogP contribution in [0.25, 0.3) is 22.5 Å². The zero-order valence-corrected chi connectivity index (χ0v) is 14.1. The van der Waals surface area contributed by atoms with Gasteiger partial charge in [-0.25, -0.2) is 0 Å². The van der Waals surface area contributed by atoms with Gasteiger partial charge in [-0.3, -0.25) is 5.10 Å². The largest absolute Gasteiger partial charge is 0.494 e.